The van der Waals surface area contributed by atoms with E-state index in [1.165, 1.54) is 12.1 Å². The molecule has 0 spiro atoms. The van der Waals surface area contributed by atoms with E-state index in [0.29, 0.717) is 17.5 Å². The Morgan fingerprint density at radius 2 is 2.28 bits per heavy atom. The first-order chi connectivity index (χ1) is 8.60. The molecule has 1 aromatic carbocycles. The number of anilines is 1. The van der Waals surface area contributed by atoms with Crippen molar-refractivity contribution in [2.45, 2.75) is 19.4 Å². The molecule has 0 aromatic heterocycles. The molecule has 0 aliphatic carbocycles. The highest BCUT2D eigenvalue weighted by Crippen LogP contribution is 2.23. The van der Waals surface area contributed by atoms with E-state index in [9.17, 15) is 4.39 Å². The third-order valence-electron chi connectivity index (χ3n) is 3.55. The molecule has 2 rings (SSSR count). The second kappa shape index (κ2) is 5.36. The highest BCUT2D eigenvalue weighted by molar-refractivity contribution is 5.58. The first kappa shape index (κ1) is 12.8. The van der Waals surface area contributed by atoms with Crippen molar-refractivity contribution < 1.29 is 4.39 Å². The van der Waals surface area contributed by atoms with Crippen molar-refractivity contribution in [1.82, 2.24) is 4.90 Å². The number of benzene rings is 1. The smallest absolute Gasteiger partial charge is 0.124 e. The lowest BCUT2D eigenvalue weighted by atomic mass is 9.93. The molecule has 2 atom stereocenters. The average Bonchev–Trinajstić information content (AvgIpc) is 2.34. The highest BCUT2D eigenvalue weighted by Gasteiger charge is 2.24. The fraction of sp³-hybridized carbons (Fsp3) is 0.500. The number of hydrogen-bond acceptors (Lipinski definition) is 3. The first-order valence-corrected chi connectivity index (χ1v) is 6.25. The van der Waals surface area contributed by atoms with Crippen LogP contribution in [0.5, 0.6) is 0 Å². The van der Waals surface area contributed by atoms with E-state index in [4.69, 9.17) is 5.26 Å². The standard InChI is InChI=1S/C14H18FN3/c1-10-9-18(2)6-5-13(10)17-14-4-3-12(15)7-11(14)8-16/h3-4,7,10,13,17H,5-6,9H2,1-2H3. The Hall–Kier alpha value is -1.60. The summed E-state index contributed by atoms with van der Waals surface area (Å²) in [6.07, 6.45) is 1.04. The zero-order chi connectivity index (χ0) is 13.1. The quantitative estimate of drug-likeness (QED) is 0.872. The lowest BCUT2D eigenvalue weighted by molar-refractivity contribution is 0.206. The summed E-state index contributed by atoms with van der Waals surface area (Å²) in [4.78, 5) is 2.30. The first-order valence-electron chi connectivity index (χ1n) is 6.25. The summed E-state index contributed by atoms with van der Waals surface area (Å²) in [5.74, 6) is 0.147. The molecule has 1 N–H and O–H groups in total. The second-order valence-corrected chi connectivity index (χ2v) is 5.08. The van der Waals surface area contributed by atoms with Crippen molar-refractivity contribution in [1.29, 1.82) is 5.26 Å². The molecule has 1 aliphatic heterocycles. The summed E-state index contributed by atoms with van der Waals surface area (Å²) in [6.45, 7) is 4.29. The second-order valence-electron chi connectivity index (χ2n) is 5.08. The maximum atomic E-state index is 13.1. The van der Waals surface area contributed by atoms with Crippen LogP contribution < -0.4 is 5.32 Å². The number of halogens is 1. The van der Waals surface area contributed by atoms with Crippen LogP contribution >= 0.6 is 0 Å². The third kappa shape index (κ3) is 2.80. The van der Waals surface area contributed by atoms with Gasteiger partial charge in [0, 0.05) is 12.6 Å². The van der Waals surface area contributed by atoms with Gasteiger partial charge in [0.1, 0.15) is 11.9 Å². The maximum absolute atomic E-state index is 13.1. The molecule has 1 aromatic rings. The lowest BCUT2D eigenvalue weighted by Gasteiger charge is -2.35. The Morgan fingerprint density at radius 1 is 1.50 bits per heavy atom. The molecule has 0 bridgehead atoms. The molecule has 18 heavy (non-hydrogen) atoms. The van der Waals surface area contributed by atoms with Gasteiger partial charge in [-0.2, -0.15) is 5.26 Å². The number of hydrogen-bond donors (Lipinski definition) is 1. The molecule has 0 radical (unpaired) electrons. The topological polar surface area (TPSA) is 39.1 Å². The Labute approximate surface area is 107 Å². The summed E-state index contributed by atoms with van der Waals surface area (Å²) >= 11 is 0. The van der Waals surface area contributed by atoms with Gasteiger partial charge in [-0.15, -0.1) is 0 Å². The third-order valence-corrected chi connectivity index (χ3v) is 3.55. The minimum Gasteiger partial charge on any atom is -0.381 e. The molecule has 96 valence electrons. The van der Waals surface area contributed by atoms with Crippen molar-refractivity contribution in [3.63, 3.8) is 0 Å². The van der Waals surface area contributed by atoms with Gasteiger partial charge >= 0.3 is 0 Å². The number of nitriles is 1. The van der Waals surface area contributed by atoms with Gasteiger partial charge in [0.05, 0.1) is 11.3 Å². The van der Waals surface area contributed by atoms with E-state index in [2.05, 4.69) is 24.2 Å². The maximum Gasteiger partial charge on any atom is 0.124 e. The summed E-state index contributed by atoms with van der Waals surface area (Å²) in [7, 11) is 2.12. The van der Waals surface area contributed by atoms with Gasteiger partial charge < -0.3 is 10.2 Å². The van der Waals surface area contributed by atoms with E-state index in [0.717, 1.165) is 25.2 Å². The molecule has 2 unspecified atom stereocenters. The van der Waals surface area contributed by atoms with Gasteiger partial charge in [0.15, 0.2) is 0 Å². The SMILES string of the molecule is CC1CN(C)CCC1Nc1ccc(F)cc1C#N. The Bertz CT molecular complexity index is 467. The number of nitrogens with zero attached hydrogens (tertiary/aromatic N) is 2. The van der Waals surface area contributed by atoms with E-state index in [-0.39, 0.29) is 5.82 Å². The largest absolute Gasteiger partial charge is 0.381 e. The van der Waals surface area contributed by atoms with Crippen molar-refractivity contribution in [2.24, 2.45) is 5.92 Å². The number of piperidine rings is 1. The Kier molecular flexibility index (Phi) is 3.83. The molecule has 3 nitrogen and oxygen atoms in total. The fourth-order valence-electron chi connectivity index (χ4n) is 2.50. The molecular formula is C14H18FN3. The number of nitrogens with one attached hydrogen (secondary N) is 1. The van der Waals surface area contributed by atoms with Crippen molar-refractivity contribution in [2.75, 3.05) is 25.5 Å². The van der Waals surface area contributed by atoms with Crippen molar-refractivity contribution in [3.8, 4) is 6.07 Å². The van der Waals surface area contributed by atoms with Gasteiger partial charge in [0.2, 0.25) is 0 Å². The Morgan fingerprint density at radius 3 is 2.94 bits per heavy atom. The van der Waals surface area contributed by atoms with Crippen LogP contribution in [0.25, 0.3) is 0 Å². The van der Waals surface area contributed by atoms with Crippen molar-refractivity contribution >= 4 is 5.69 Å². The predicted octanol–water partition coefficient (Wildman–Crippen LogP) is 2.45. The predicted molar refractivity (Wildman–Crippen MR) is 69.8 cm³/mol. The Balaban J connectivity index is 2.12. The normalized spacial score (nSPS) is 24.6. The van der Waals surface area contributed by atoms with E-state index < -0.39 is 0 Å². The fourth-order valence-corrected chi connectivity index (χ4v) is 2.50. The van der Waals surface area contributed by atoms with E-state index in [1.54, 1.807) is 6.07 Å². The summed E-state index contributed by atoms with van der Waals surface area (Å²) in [5, 5.41) is 12.4. The van der Waals surface area contributed by atoms with Gasteiger partial charge in [-0.1, -0.05) is 6.92 Å². The molecule has 1 heterocycles. The van der Waals surface area contributed by atoms with E-state index in [1.807, 2.05) is 6.07 Å². The minimum absolute atomic E-state index is 0.346. The summed E-state index contributed by atoms with van der Waals surface area (Å²) < 4.78 is 13.1. The van der Waals surface area contributed by atoms with Crippen LogP contribution in [0.15, 0.2) is 18.2 Å². The molecular weight excluding hydrogens is 229 g/mol. The molecule has 1 fully saturated rings. The summed E-state index contributed by atoms with van der Waals surface area (Å²) in [6, 6.07) is 6.71. The molecule has 4 heteroatoms. The van der Waals surface area contributed by atoms with Gasteiger partial charge in [-0.05, 0) is 44.1 Å². The van der Waals surface area contributed by atoms with E-state index >= 15 is 0 Å². The summed E-state index contributed by atoms with van der Waals surface area (Å²) in [5.41, 5.74) is 1.11. The molecule has 1 aliphatic rings. The van der Waals surface area contributed by atoms with Crippen LogP contribution in [0.2, 0.25) is 0 Å². The monoisotopic (exact) mass is 247 g/mol. The number of likely N-dealkylation sites (tertiary alicyclic amines) is 1. The molecule has 0 amide bonds. The van der Waals surface area contributed by atoms with Crippen LogP contribution in [0.3, 0.4) is 0 Å². The van der Waals surface area contributed by atoms with Crippen LogP contribution in [-0.2, 0) is 0 Å². The highest BCUT2D eigenvalue weighted by atomic mass is 19.1. The van der Waals surface area contributed by atoms with Gasteiger partial charge in [0.25, 0.3) is 0 Å². The van der Waals surface area contributed by atoms with Crippen LogP contribution in [0.4, 0.5) is 10.1 Å². The molecule has 1 saturated heterocycles. The van der Waals surface area contributed by atoms with Gasteiger partial charge in [-0.25, -0.2) is 4.39 Å². The van der Waals surface area contributed by atoms with Gasteiger partial charge in [-0.3, -0.25) is 0 Å². The molecule has 0 saturated carbocycles. The zero-order valence-corrected chi connectivity index (χ0v) is 10.8. The van der Waals surface area contributed by atoms with Crippen LogP contribution in [0, 0.1) is 23.1 Å². The van der Waals surface area contributed by atoms with Crippen molar-refractivity contribution in [3.05, 3.63) is 29.6 Å². The lowest BCUT2D eigenvalue weighted by Crippen LogP contribution is -2.43. The number of rotatable bonds is 2. The van der Waals surface area contributed by atoms with Crippen LogP contribution in [0.1, 0.15) is 18.9 Å². The average molecular weight is 247 g/mol. The van der Waals surface area contributed by atoms with Crippen LogP contribution in [-0.4, -0.2) is 31.1 Å². The minimum atomic E-state index is -0.367. The zero-order valence-electron chi connectivity index (χ0n) is 10.8.